The predicted octanol–water partition coefficient (Wildman–Crippen LogP) is 2.76. The van der Waals surface area contributed by atoms with Crippen molar-refractivity contribution < 1.29 is 9.53 Å². The molecular weight excluding hydrogens is 250 g/mol. The fraction of sp³-hybridized carbons (Fsp3) is 0.500. The summed E-state index contributed by atoms with van der Waals surface area (Å²) in [6.45, 7) is 1.97. The van der Waals surface area contributed by atoms with Crippen LogP contribution in [-0.4, -0.2) is 24.9 Å². The lowest BCUT2D eigenvalue weighted by molar-refractivity contribution is -0.121. The van der Waals surface area contributed by atoms with Crippen molar-refractivity contribution in [3.05, 3.63) is 29.8 Å². The highest BCUT2D eigenvalue weighted by Gasteiger charge is 2.06. The fourth-order valence-corrected chi connectivity index (χ4v) is 1.96. The maximum Gasteiger partial charge on any atom is 0.220 e. The summed E-state index contributed by atoms with van der Waals surface area (Å²) in [6.07, 6.45) is 2.04. The van der Waals surface area contributed by atoms with E-state index in [2.05, 4.69) is 5.32 Å². The van der Waals surface area contributed by atoms with E-state index >= 15 is 0 Å². The molecule has 0 aliphatic heterocycles. The maximum atomic E-state index is 11.6. The summed E-state index contributed by atoms with van der Waals surface area (Å²) >= 11 is 5.62. The Morgan fingerprint density at radius 3 is 2.61 bits per heavy atom. The maximum absolute atomic E-state index is 11.6. The molecule has 1 rings (SSSR count). The number of alkyl halides is 1. The number of aryl methyl sites for hydroxylation is 1. The van der Waals surface area contributed by atoms with E-state index in [4.69, 9.17) is 16.3 Å². The monoisotopic (exact) mass is 269 g/mol. The molecule has 4 heteroatoms. The molecule has 0 radical (unpaired) electrons. The Morgan fingerprint density at radius 1 is 1.39 bits per heavy atom. The van der Waals surface area contributed by atoms with E-state index in [1.165, 1.54) is 0 Å². The molecular formula is C14H20ClNO2. The number of hydrogen-bond donors (Lipinski definition) is 1. The van der Waals surface area contributed by atoms with Gasteiger partial charge in [-0.05, 0) is 37.5 Å². The van der Waals surface area contributed by atoms with Crippen molar-refractivity contribution >= 4 is 17.5 Å². The van der Waals surface area contributed by atoms with Crippen LogP contribution in [0.15, 0.2) is 24.3 Å². The first-order valence-electron chi connectivity index (χ1n) is 6.14. The number of carbonyl (C=O) groups excluding carboxylic acids is 1. The van der Waals surface area contributed by atoms with E-state index in [0.717, 1.165) is 24.2 Å². The smallest absolute Gasteiger partial charge is 0.220 e. The highest BCUT2D eigenvalue weighted by atomic mass is 35.5. The third-order valence-corrected chi connectivity index (χ3v) is 2.97. The highest BCUT2D eigenvalue weighted by Crippen LogP contribution is 2.12. The number of rotatable bonds is 7. The first-order chi connectivity index (χ1) is 8.65. The van der Waals surface area contributed by atoms with Gasteiger partial charge < -0.3 is 10.1 Å². The Bertz CT molecular complexity index is 365. The first kappa shape index (κ1) is 14.8. The zero-order valence-corrected chi connectivity index (χ0v) is 11.7. The molecule has 1 amide bonds. The number of carbonyl (C=O) groups is 1. The van der Waals surface area contributed by atoms with E-state index < -0.39 is 0 Å². The summed E-state index contributed by atoms with van der Waals surface area (Å²) < 4.78 is 5.08. The van der Waals surface area contributed by atoms with Crippen LogP contribution in [0.25, 0.3) is 0 Å². The molecule has 3 nitrogen and oxygen atoms in total. The van der Waals surface area contributed by atoms with Crippen molar-refractivity contribution in [1.82, 2.24) is 5.32 Å². The Kier molecular flexibility index (Phi) is 6.58. The van der Waals surface area contributed by atoms with Crippen molar-refractivity contribution in [2.24, 2.45) is 0 Å². The van der Waals surface area contributed by atoms with Crippen LogP contribution in [0, 0.1) is 0 Å². The number of hydrogen-bond acceptors (Lipinski definition) is 2. The zero-order chi connectivity index (χ0) is 13.4. The quantitative estimate of drug-likeness (QED) is 0.773. The Hall–Kier alpha value is -1.22. The van der Waals surface area contributed by atoms with Gasteiger partial charge >= 0.3 is 0 Å². The average molecular weight is 270 g/mol. The van der Waals surface area contributed by atoms with E-state index in [-0.39, 0.29) is 11.9 Å². The lowest BCUT2D eigenvalue weighted by Gasteiger charge is -2.12. The molecule has 0 heterocycles. The van der Waals surface area contributed by atoms with Crippen molar-refractivity contribution in [2.45, 2.75) is 32.2 Å². The van der Waals surface area contributed by atoms with Gasteiger partial charge in [0.15, 0.2) is 0 Å². The van der Waals surface area contributed by atoms with Gasteiger partial charge in [0.1, 0.15) is 5.75 Å². The highest BCUT2D eigenvalue weighted by molar-refractivity contribution is 6.17. The Balaban J connectivity index is 2.33. The third-order valence-electron chi connectivity index (χ3n) is 2.75. The van der Waals surface area contributed by atoms with Crippen LogP contribution in [0.5, 0.6) is 5.75 Å². The minimum absolute atomic E-state index is 0.0726. The van der Waals surface area contributed by atoms with E-state index in [0.29, 0.717) is 12.3 Å². The van der Waals surface area contributed by atoms with E-state index in [9.17, 15) is 4.79 Å². The largest absolute Gasteiger partial charge is 0.497 e. The van der Waals surface area contributed by atoms with Crippen LogP contribution in [0.4, 0.5) is 0 Å². The summed E-state index contributed by atoms with van der Waals surface area (Å²) in [5.41, 5.74) is 1.14. The second-order valence-electron chi connectivity index (χ2n) is 4.29. The molecule has 0 spiro atoms. The van der Waals surface area contributed by atoms with Crippen LogP contribution in [0.1, 0.15) is 25.3 Å². The van der Waals surface area contributed by atoms with Gasteiger partial charge in [0, 0.05) is 18.3 Å². The molecule has 1 N–H and O–H groups in total. The molecule has 0 aliphatic carbocycles. The van der Waals surface area contributed by atoms with Crippen molar-refractivity contribution in [3.63, 3.8) is 0 Å². The normalized spacial score (nSPS) is 11.9. The number of halogens is 1. The minimum atomic E-state index is 0.0726. The molecule has 18 heavy (non-hydrogen) atoms. The molecule has 0 bridgehead atoms. The minimum Gasteiger partial charge on any atom is -0.497 e. The predicted molar refractivity (Wildman–Crippen MR) is 74.3 cm³/mol. The van der Waals surface area contributed by atoms with Gasteiger partial charge in [0.2, 0.25) is 5.91 Å². The summed E-state index contributed by atoms with van der Waals surface area (Å²) in [7, 11) is 1.64. The number of nitrogens with one attached hydrogen (secondary N) is 1. The van der Waals surface area contributed by atoms with Crippen molar-refractivity contribution in [2.75, 3.05) is 13.0 Å². The van der Waals surface area contributed by atoms with Gasteiger partial charge in [-0.25, -0.2) is 0 Å². The fourth-order valence-electron chi connectivity index (χ4n) is 1.63. The van der Waals surface area contributed by atoms with Crippen LogP contribution < -0.4 is 10.1 Å². The van der Waals surface area contributed by atoms with Gasteiger partial charge in [-0.2, -0.15) is 0 Å². The SMILES string of the molecule is COc1ccc(CCC(=O)NC(C)CCCl)cc1. The molecule has 1 atom stereocenters. The van der Waals surface area contributed by atoms with Crippen LogP contribution >= 0.6 is 11.6 Å². The second kappa shape index (κ2) is 7.98. The summed E-state index contributed by atoms with van der Waals surface area (Å²) in [4.78, 5) is 11.6. The summed E-state index contributed by atoms with van der Waals surface area (Å²) in [5.74, 6) is 1.47. The van der Waals surface area contributed by atoms with Crippen LogP contribution in [-0.2, 0) is 11.2 Å². The molecule has 1 aromatic rings. The van der Waals surface area contributed by atoms with E-state index in [1.807, 2.05) is 31.2 Å². The Morgan fingerprint density at radius 2 is 2.06 bits per heavy atom. The molecule has 0 saturated heterocycles. The standard InChI is InChI=1S/C14H20ClNO2/c1-11(9-10-15)16-14(17)8-5-12-3-6-13(18-2)7-4-12/h3-4,6-7,11H,5,8-10H2,1-2H3,(H,16,17). The van der Waals surface area contributed by atoms with Gasteiger partial charge in [-0.3, -0.25) is 4.79 Å². The lowest BCUT2D eigenvalue weighted by atomic mass is 10.1. The molecule has 1 unspecified atom stereocenters. The molecule has 0 aliphatic rings. The summed E-state index contributed by atoms with van der Waals surface area (Å²) in [6, 6.07) is 7.92. The molecule has 1 aromatic carbocycles. The number of ether oxygens (including phenoxy) is 1. The van der Waals surface area contributed by atoms with Gasteiger partial charge in [-0.1, -0.05) is 12.1 Å². The van der Waals surface area contributed by atoms with Gasteiger partial charge in [-0.15, -0.1) is 11.6 Å². The molecule has 0 fully saturated rings. The van der Waals surface area contributed by atoms with Crippen LogP contribution in [0.2, 0.25) is 0 Å². The number of amides is 1. The molecule has 0 aromatic heterocycles. The second-order valence-corrected chi connectivity index (χ2v) is 4.67. The average Bonchev–Trinajstić information content (AvgIpc) is 2.37. The third kappa shape index (κ3) is 5.41. The lowest BCUT2D eigenvalue weighted by Crippen LogP contribution is -2.32. The number of benzene rings is 1. The van der Waals surface area contributed by atoms with Gasteiger partial charge in [0.05, 0.1) is 7.11 Å². The van der Waals surface area contributed by atoms with Crippen LogP contribution in [0.3, 0.4) is 0 Å². The zero-order valence-electron chi connectivity index (χ0n) is 10.9. The first-order valence-corrected chi connectivity index (χ1v) is 6.67. The number of methoxy groups -OCH3 is 1. The van der Waals surface area contributed by atoms with E-state index in [1.54, 1.807) is 7.11 Å². The van der Waals surface area contributed by atoms with Crippen molar-refractivity contribution in [3.8, 4) is 5.75 Å². The summed E-state index contributed by atoms with van der Waals surface area (Å²) in [5, 5.41) is 2.93. The van der Waals surface area contributed by atoms with Gasteiger partial charge in [0.25, 0.3) is 0 Å². The molecule has 100 valence electrons. The Labute approximate surface area is 113 Å². The topological polar surface area (TPSA) is 38.3 Å². The van der Waals surface area contributed by atoms with Crippen molar-refractivity contribution in [1.29, 1.82) is 0 Å². The molecule has 0 saturated carbocycles.